The van der Waals surface area contributed by atoms with E-state index in [1.165, 1.54) is 24.8 Å². The van der Waals surface area contributed by atoms with Gasteiger partial charge in [0.25, 0.3) is 0 Å². The molecular formula is C28H29N5O2. The van der Waals surface area contributed by atoms with Gasteiger partial charge in [-0.15, -0.1) is 0 Å². The van der Waals surface area contributed by atoms with Crippen molar-refractivity contribution in [1.82, 2.24) is 19.5 Å². The van der Waals surface area contributed by atoms with Gasteiger partial charge in [-0.05, 0) is 31.4 Å². The van der Waals surface area contributed by atoms with Gasteiger partial charge in [0, 0.05) is 17.8 Å². The number of amides is 1. The van der Waals surface area contributed by atoms with Crippen LogP contribution in [0.3, 0.4) is 0 Å². The number of carbonyl (C=O) groups excluding carboxylic acids is 1. The maximum atomic E-state index is 12.4. The second kappa shape index (κ2) is 10.5. The monoisotopic (exact) mass is 467 g/mol. The summed E-state index contributed by atoms with van der Waals surface area (Å²) in [5.41, 5.74) is 5.70. The fourth-order valence-corrected chi connectivity index (χ4v) is 4.57. The van der Waals surface area contributed by atoms with Gasteiger partial charge in [0.15, 0.2) is 0 Å². The van der Waals surface area contributed by atoms with Crippen LogP contribution in [0.2, 0.25) is 0 Å². The van der Waals surface area contributed by atoms with Crippen LogP contribution in [0.5, 0.6) is 0 Å². The maximum Gasteiger partial charge on any atom is 0.414 e. The lowest BCUT2D eigenvalue weighted by molar-refractivity contribution is 0.155. The third kappa shape index (κ3) is 5.40. The molecule has 2 aromatic carbocycles. The Morgan fingerprint density at radius 1 is 1.00 bits per heavy atom. The average Bonchev–Trinajstić information content (AvgIpc) is 3.34. The maximum absolute atomic E-state index is 12.4. The fraction of sp³-hybridized carbons (Fsp3) is 0.286. The molecule has 1 amide bonds. The van der Waals surface area contributed by atoms with Crippen LogP contribution in [0.15, 0.2) is 73.2 Å². The van der Waals surface area contributed by atoms with Crippen molar-refractivity contribution in [2.24, 2.45) is 0 Å². The van der Waals surface area contributed by atoms with Gasteiger partial charge in [0.2, 0.25) is 5.95 Å². The Labute approximate surface area is 205 Å². The van der Waals surface area contributed by atoms with Gasteiger partial charge in [-0.1, -0.05) is 79.4 Å². The van der Waals surface area contributed by atoms with E-state index in [-0.39, 0.29) is 12.6 Å². The highest BCUT2D eigenvalue weighted by Gasteiger charge is 2.23. The highest BCUT2D eigenvalue weighted by atomic mass is 16.5. The van der Waals surface area contributed by atoms with E-state index < -0.39 is 6.09 Å². The number of rotatable bonds is 6. The van der Waals surface area contributed by atoms with Crippen LogP contribution in [-0.4, -0.2) is 25.6 Å². The molecule has 0 radical (unpaired) electrons. The average molecular weight is 468 g/mol. The van der Waals surface area contributed by atoms with Gasteiger partial charge in [-0.2, -0.15) is 0 Å². The van der Waals surface area contributed by atoms with Crippen LogP contribution in [0.1, 0.15) is 49.3 Å². The third-order valence-electron chi connectivity index (χ3n) is 6.41. The lowest BCUT2D eigenvalue weighted by atomic mass is 9.95. The number of benzene rings is 2. The molecule has 2 aromatic heterocycles. The van der Waals surface area contributed by atoms with E-state index in [1.54, 1.807) is 6.20 Å². The number of nitrogens with one attached hydrogen (secondary N) is 1. The predicted molar refractivity (Wildman–Crippen MR) is 136 cm³/mol. The molecule has 5 rings (SSSR count). The van der Waals surface area contributed by atoms with Crippen molar-refractivity contribution in [1.29, 1.82) is 0 Å². The first-order valence-corrected chi connectivity index (χ1v) is 12.1. The first-order valence-electron chi connectivity index (χ1n) is 12.1. The normalized spacial score (nSPS) is 14.0. The van der Waals surface area contributed by atoms with E-state index in [1.807, 2.05) is 42.7 Å². The summed E-state index contributed by atoms with van der Waals surface area (Å²) in [6.45, 7) is 2.25. The Hall–Kier alpha value is -4.00. The van der Waals surface area contributed by atoms with E-state index in [2.05, 4.69) is 51.0 Å². The minimum Gasteiger partial charge on any atom is -0.444 e. The molecule has 0 aliphatic heterocycles. The van der Waals surface area contributed by atoms with E-state index in [0.717, 1.165) is 41.1 Å². The fourth-order valence-electron chi connectivity index (χ4n) is 4.57. The van der Waals surface area contributed by atoms with Gasteiger partial charge in [0.05, 0.1) is 23.4 Å². The molecular weight excluding hydrogens is 438 g/mol. The largest absolute Gasteiger partial charge is 0.444 e. The van der Waals surface area contributed by atoms with Crippen molar-refractivity contribution in [3.63, 3.8) is 0 Å². The zero-order valence-electron chi connectivity index (χ0n) is 19.9. The molecule has 1 fully saturated rings. The Balaban J connectivity index is 1.43. The summed E-state index contributed by atoms with van der Waals surface area (Å²) in [6, 6.07) is 20.2. The molecule has 0 spiro atoms. The summed E-state index contributed by atoms with van der Waals surface area (Å²) in [7, 11) is 0. The van der Waals surface area contributed by atoms with Gasteiger partial charge < -0.3 is 9.30 Å². The summed E-state index contributed by atoms with van der Waals surface area (Å²) in [5.74, 6) is 0.201. The van der Waals surface area contributed by atoms with Crippen molar-refractivity contribution >= 4 is 12.0 Å². The molecule has 0 atom stereocenters. The number of nitrogens with zero attached hydrogens (tertiary/aromatic N) is 4. The van der Waals surface area contributed by atoms with Crippen LogP contribution in [-0.2, 0) is 11.3 Å². The Morgan fingerprint density at radius 3 is 2.54 bits per heavy atom. The number of anilines is 1. The molecule has 7 nitrogen and oxygen atoms in total. The van der Waals surface area contributed by atoms with Crippen molar-refractivity contribution in [2.45, 2.75) is 51.7 Å². The van der Waals surface area contributed by atoms with Crippen molar-refractivity contribution < 1.29 is 9.53 Å². The van der Waals surface area contributed by atoms with Gasteiger partial charge in [-0.25, -0.2) is 19.7 Å². The molecule has 35 heavy (non-hydrogen) atoms. The van der Waals surface area contributed by atoms with E-state index in [9.17, 15) is 4.79 Å². The second-order valence-corrected chi connectivity index (χ2v) is 8.96. The predicted octanol–water partition coefficient (Wildman–Crippen LogP) is 6.57. The number of aryl methyl sites for hydroxylation is 1. The first-order chi connectivity index (χ1) is 17.2. The quantitative estimate of drug-likeness (QED) is 0.347. The molecule has 4 aromatic rings. The van der Waals surface area contributed by atoms with Crippen molar-refractivity contribution in [2.75, 3.05) is 5.32 Å². The van der Waals surface area contributed by atoms with Crippen molar-refractivity contribution in [3.8, 4) is 22.6 Å². The minimum atomic E-state index is -0.592. The summed E-state index contributed by atoms with van der Waals surface area (Å²) in [6.07, 6.45) is 8.95. The molecule has 7 heteroatoms. The van der Waals surface area contributed by atoms with Crippen LogP contribution >= 0.6 is 0 Å². The number of aromatic nitrogens is 4. The smallest absolute Gasteiger partial charge is 0.414 e. The Bertz CT molecular complexity index is 1280. The van der Waals surface area contributed by atoms with E-state index in [4.69, 9.17) is 9.72 Å². The van der Waals surface area contributed by atoms with Crippen LogP contribution < -0.4 is 5.32 Å². The first kappa shape index (κ1) is 22.8. The minimum absolute atomic E-state index is 0.179. The zero-order valence-corrected chi connectivity index (χ0v) is 19.9. The SMILES string of the molecule is Cc1ccc(-c2ncn(C3CCCCC3)c2-c2ccnc(NC(=O)OCc3ccccc3)n2)cc1. The van der Waals surface area contributed by atoms with Crippen molar-refractivity contribution in [3.05, 3.63) is 84.3 Å². The van der Waals surface area contributed by atoms with Crippen LogP contribution in [0, 0.1) is 6.92 Å². The summed E-state index contributed by atoms with van der Waals surface area (Å²) in [5, 5.41) is 2.67. The summed E-state index contributed by atoms with van der Waals surface area (Å²) < 4.78 is 7.60. The molecule has 1 aliphatic rings. The number of hydrogen-bond donors (Lipinski definition) is 1. The number of carbonyl (C=O) groups is 1. The molecule has 0 saturated heterocycles. The van der Waals surface area contributed by atoms with Crippen LogP contribution in [0.25, 0.3) is 22.6 Å². The molecule has 2 heterocycles. The van der Waals surface area contributed by atoms with Gasteiger partial charge in [-0.3, -0.25) is 5.32 Å². The third-order valence-corrected chi connectivity index (χ3v) is 6.41. The van der Waals surface area contributed by atoms with E-state index in [0.29, 0.717) is 6.04 Å². The second-order valence-electron chi connectivity index (χ2n) is 8.96. The summed E-state index contributed by atoms with van der Waals surface area (Å²) >= 11 is 0. The molecule has 1 saturated carbocycles. The number of ether oxygens (including phenoxy) is 1. The number of hydrogen-bond acceptors (Lipinski definition) is 5. The summed E-state index contributed by atoms with van der Waals surface area (Å²) in [4.78, 5) is 26.1. The Kier molecular flexibility index (Phi) is 6.84. The lowest BCUT2D eigenvalue weighted by Crippen LogP contribution is -2.16. The van der Waals surface area contributed by atoms with Gasteiger partial charge in [0.1, 0.15) is 6.61 Å². The molecule has 0 bridgehead atoms. The Morgan fingerprint density at radius 2 is 1.77 bits per heavy atom. The highest BCUT2D eigenvalue weighted by Crippen LogP contribution is 2.37. The topological polar surface area (TPSA) is 81.9 Å². The number of imidazole rings is 1. The molecule has 1 N–H and O–H groups in total. The molecule has 178 valence electrons. The highest BCUT2D eigenvalue weighted by molar-refractivity contribution is 5.83. The lowest BCUT2D eigenvalue weighted by Gasteiger charge is -2.25. The van der Waals surface area contributed by atoms with Gasteiger partial charge >= 0.3 is 6.09 Å². The van der Waals surface area contributed by atoms with E-state index >= 15 is 0 Å². The zero-order chi connectivity index (χ0) is 24.0. The van der Waals surface area contributed by atoms with Crippen LogP contribution in [0.4, 0.5) is 10.7 Å². The molecule has 0 unspecified atom stereocenters. The molecule has 1 aliphatic carbocycles. The standard InChI is InChI=1S/C28H29N5O2/c1-20-12-14-22(15-13-20)25-26(33(19-30-25)23-10-6-3-7-11-23)24-16-17-29-27(31-24)32-28(34)35-18-21-8-4-2-5-9-21/h2,4-5,8-9,12-17,19,23H,3,6-7,10-11,18H2,1H3,(H,29,31,32,34).